The summed E-state index contributed by atoms with van der Waals surface area (Å²) in [5.74, 6) is 0. The van der Waals surface area contributed by atoms with Crippen LogP contribution in [0.3, 0.4) is 0 Å². The predicted octanol–water partition coefficient (Wildman–Crippen LogP) is 3.05. The van der Waals surface area contributed by atoms with Gasteiger partial charge in [0.25, 0.3) is 0 Å². The third-order valence-electron chi connectivity index (χ3n) is 1.71. The van der Waals surface area contributed by atoms with Crippen molar-refractivity contribution >= 4 is 31.9 Å². The average Bonchev–Trinajstić information content (AvgIpc) is 2.01. The van der Waals surface area contributed by atoms with Crippen molar-refractivity contribution in [3.8, 4) is 0 Å². The fourth-order valence-corrected chi connectivity index (χ4v) is 2.05. The molecule has 1 rings (SSSR count). The topological polar surface area (TPSA) is 20.2 Å². The number of rotatable bonds is 2. The third-order valence-corrected chi connectivity index (χ3v) is 3.30. The van der Waals surface area contributed by atoms with E-state index in [0.717, 1.165) is 14.5 Å². The van der Waals surface area contributed by atoms with Gasteiger partial charge in [-0.25, -0.2) is 0 Å². The number of hydrogen-bond acceptors (Lipinski definition) is 1. The van der Waals surface area contributed by atoms with Crippen LogP contribution >= 0.6 is 31.9 Å². The summed E-state index contributed by atoms with van der Waals surface area (Å²) in [7, 11) is 0. The Balaban J connectivity index is 3.05. The first-order chi connectivity index (χ1) is 5.65. The van der Waals surface area contributed by atoms with Crippen LogP contribution in [-0.2, 0) is 6.42 Å². The first-order valence-corrected chi connectivity index (χ1v) is 5.29. The number of benzene rings is 1. The summed E-state index contributed by atoms with van der Waals surface area (Å²) in [5.41, 5.74) is 2.33. The molecular formula is C9H10Br2O. The minimum atomic E-state index is 0.189. The Morgan fingerprint density at radius 3 is 2.50 bits per heavy atom. The SMILES string of the molecule is Cc1cc(Br)c(CCO)cc1Br. The Labute approximate surface area is 89.1 Å². The van der Waals surface area contributed by atoms with Gasteiger partial charge in [0, 0.05) is 15.6 Å². The maximum Gasteiger partial charge on any atom is 0.0471 e. The van der Waals surface area contributed by atoms with Crippen molar-refractivity contribution in [3.05, 3.63) is 32.2 Å². The van der Waals surface area contributed by atoms with Gasteiger partial charge in [-0.1, -0.05) is 31.9 Å². The first-order valence-electron chi connectivity index (χ1n) is 3.70. The van der Waals surface area contributed by atoms with Crippen LogP contribution in [0.1, 0.15) is 11.1 Å². The van der Waals surface area contributed by atoms with Crippen molar-refractivity contribution in [2.45, 2.75) is 13.3 Å². The summed E-state index contributed by atoms with van der Waals surface area (Å²) in [4.78, 5) is 0. The zero-order valence-electron chi connectivity index (χ0n) is 6.77. The van der Waals surface area contributed by atoms with Gasteiger partial charge in [0.1, 0.15) is 0 Å². The second-order valence-electron chi connectivity index (χ2n) is 2.67. The highest BCUT2D eigenvalue weighted by atomic mass is 79.9. The minimum absolute atomic E-state index is 0.189. The van der Waals surface area contributed by atoms with E-state index < -0.39 is 0 Å². The number of hydrogen-bond donors (Lipinski definition) is 1. The molecule has 3 heteroatoms. The second kappa shape index (κ2) is 4.40. The van der Waals surface area contributed by atoms with Crippen molar-refractivity contribution in [1.29, 1.82) is 0 Å². The lowest BCUT2D eigenvalue weighted by molar-refractivity contribution is 0.299. The van der Waals surface area contributed by atoms with Gasteiger partial charge in [0.2, 0.25) is 0 Å². The van der Waals surface area contributed by atoms with Gasteiger partial charge in [-0.2, -0.15) is 0 Å². The van der Waals surface area contributed by atoms with Crippen molar-refractivity contribution in [3.63, 3.8) is 0 Å². The molecule has 0 aliphatic rings. The Kier molecular flexibility index (Phi) is 3.75. The summed E-state index contributed by atoms with van der Waals surface area (Å²) in [6.45, 7) is 2.23. The Morgan fingerprint density at radius 2 is 1.92 bits per heavy atom. The molecule has 0 spiro atoms. The monoisotopic (exact) mass is 292 g/mol. The lowest BCUT2D eigenvalue weighted by atomic mass is 10.1. The van der Waals surface area contributed by atoms with Crippen molar-refractivity contribution in [1.82, 2.24) is 0 Å². The highest BCUT2D eigenvalue weighted by Crippen LogP contribution is 2.25. The van der Waals surface area contributed by atoms with Crippen LogP contribution in [0.5, 0.6) is 0 Å². The molecule has 0 aromatic heterocycles. The summed E-state index contributed by atoms with van der Waals surface area (Å²) < 4.78 is 2.16. The summed E-state index contributed by atoms with van der Waals surface area (Å²) in [5, 5.41) is 8.77. The normalized spacial score (nSPS) is 10.3. The Morgan fingerprint density at radius 1 is 1.25 bits per heavy atom. The highest BCUT2D eigenvalue weighted by molar-refractivity contribution is 9.11. The van der Waals surface area contributed by atoms with Gasteiger partial charge in [0.15, 0.2) is 0 Å². The maximum atomic E-state index is 8.77. The van der Waals surface area contributed by atoms with Crippen LogP contribution in [0.2, 0.25) is 0 Å². The zero-order chi connectivity index (χ0) is 9.14. The van der Waals surface area contributed by atoms with Crippen LogP contribution in [0, 0.1) is 6.92 Å². The Bertz CT molecular complexity index is 284. The molecule has 66 valence electrons. The van der Waals surface area contributed by atoms with E-state index in [9.17, 15) is 0 Å². The van der Waals surface area contributed by atoms with E-state index in [2.05, 4.69) is 37.9 Å². The highest BCUT2D eigenvalue weighted by Gasteiger charge is 2.02. The lowest BCUT2D eigenvalue weighted by Gasteiger charge is -2.05. The fourth-order valence-electron chi connectivity index (χ4n) is 1.000. The molecule has 0 aliphatic heterocycles. The van der Waals surface area contributed by atoms with Gasteiger partial charge in [-0.3, -0.25) is 0 Å². The lowest BCUT2D eigenvalue weighted by Crippen LogP contribution is -1.92. The van der Waals surface area contributed by atoms with Crippen LogP contribution in [0.25, 0.3) is 0 Å². The smallest absolute Gasteiger partial charge is 0.0471 e. The van der Waals surface area contributed by atoms with E-state index in [1.165, 1.54) is 5.56 Å². The van der Waals surface area contributed by atoms with Crippen molar-refractivity contribution in [2.75, 3.05) is 6.61 Å². The van der Waals surface area contributed by atoms with E-state index >= 15 is 0 Å². The van der Waals surface area contributed by atoms with E-state index in [1.807, 2.05) is 13.0 Å². The molecule has 0 fully saturated rings. The van der Waals surface area contributed by atoms with Crippen molar-refractivity contribution in [2.24, 2.45) is 0 Å². The van der Waals surface area contributed by atoms with Crippen molar-refractivity contribution < 1.29 is 5.11 Å². The molecule has 0 amide bonds. The number of aliphatic hydroxyl groups excluding tert-OH is 1. The third kappa shape index (κ3) is 2.31. The molecule has 0 aliphatic carbocycles. The molecule has 1 aromatic carbocycles. The van der Waals surface area contributed by atoms with Crippen LogP contribution < -0.4 is 0 Å². The number of halogens is 2. The molecule has 0 atom stereocenters. The molecule has 0 saturated heterocycles. The molecule has 1 N–H and O–H groups in total. The second-order valence-corrected chi connectivity index (χ2v) is 4.38. The molecule has 12 heavy (non-hydrogen) atoms. The van der Waals surface area contributed by atoms with Gasteiger partial charge in [-0.05, 0) is 36.6 Å². The Hall–Kier alpha value is 0.140. The van der Waals surface area contributed by atoms with Crippen LogP contribution in [-0.4, -0.2) is 11.7 Å². The molecule has 0 radical (unpaired) electrons. The minimum Gasteiger partial charge on any atom is -0.396 e. The van der Waals surface area contributed by atoms with E-state index in [1.54, 1.807) is 0 Å². The molecule has 0 heterocycles. The van der Waals surface area contributed by atoms with Gasteiger partial charge in [0.05, 0.1) is 0 Å². The summed E-state index contributed by atoms with van der Waals surface area (Å²) in [6, 6.07) is 4.09. The standard InChI is InChI=1S/C9H10Br2O/c1-6-4-9(11)7(2-3-12)5-8(6)10/h4-5,12H,2-3H2,1H3. The summed E-state index contributed by atoms with van der Waals surface area (Å²) >= 11 is 6.90. The van der Waals surface area contributed by atoms with Gasteiger partial charge < -0.3 is 5.11 Å². The van der Waals surface area contributed by atoms with E-state index in [0.29, 0.717) is 6.42 Å². The summed E-state index contributed by atoms with van der Waals surface area (Å²) in [6.07, 6.45) is 0.694. The molecular weight excluding hydrogens is 284 g/mol. The fraction of sp³-hybridized carbons (Fsp3) is 0.333. The maximum absolute atomic E-state index is 8.77. The van der Waals surface area contributed by atoms with E-state index in [-0.39, 0.29) is 6.61 Å². The quantitative estimate of drug-likeness (QED) is 0.889. The van der Waals surface area contributed by atoms with Gasteiger partial charge >= 0.3 is 0 Å². The first kappa shape index (κ1) is 10.2. The number of aryl methyl sites for hydroxylation is 1. The molecule has 0 unspecified atom stereocenters. The molecule has 1 nitrogen and oxygen atoms in total. The zero-order valence-corrected chi connectivity index (χ0v) is 9.94. The predicted molar refractivity (Wildman–Crippen MR) is 57.4 cm³/mol. The van der Waals surface area contributed by atoms with E-state index in [4.69, 9.17) is 5.11 Å². The van der Waals surface area contributed by atoms with Crippen LogP contribution in [0.4, 0.5) is 0 Å². The number of aliphatic hydroxyl groups is 1. The van der Waals surface area contributed by atoms with Crippen LogP contribution in [0.15, 0.2) is 21.1 Å². The average molecular weight is 294 g/mol. The molecule has 0 bridgehead atoms. The molecule has 1 aromatic rings. The largest absolute Gasteiger partial charge is 0.396 e. The van der Waals surface area contributed by atoms with Gasteiger partial charge in [-0.15, -0.1) is 0 Å². The molecule has 0 saturated carbocycles.